The molecular formula is C4H7Cl3O2Si. The van der Waals surface area contributed by atoms with Crippen molar-refractivity contribution in [2.24, 2.45) is 0 Å². The van der Waals surface area contributed by atoms with Gasteiger partial charge in [0.1, 0.15) is 0 Å². The van der Waals surface area contributed by atoms with E-state index in [2.05, 4.69) is 0 Å². The van der Waals surface area contributed by atoms with Gasteiger partial charge in [-0.3, -0.25) is 4.79 Å². The number of hydrogen-bond donors (Lipinski definition) is 1. The van der Waals surface area contributed by atoms with Crippen LogP contribution < -0.4 is 0 Å². The number of carboxylic acids is 1. The quantitative estimate of drug-likeness (QED) is 0.587. The fraction of sp³-hybridized carbons (Fsp3) is 0.750. The van der Waals surface area contributed by atoms with Gasteiger partial charge in [0.2, 0.25) is 0 Å². The van der Waals surface area contributed by atoms with Crippen molar-refractivity contribution in [3.63, 3.8) is 0 Å². The lowest BCUT2D eigenvalue weighted by Crippen LogP contribution is -2.26. The van der Waals surface area contributed by atoms with Gasteiger partial charge in [-0.2, -0.15) is 0 Å². The Hall–Kier alpha value is 0.557. The summed E-state index contributed by atoms with van der Waals surface area (Å²) in [6, 6.07) is -3.03. The first-order chi connectivity index (χ1) is 4.39. The standard InChI is InChI=1S/C4H7Cl3O2Si/c1-2-3(4(8)9)10(5,6)7/h3H,2H2,1H3,(H,8,9). The summed E-state index contributed by atoms with van der Waals surface area (Å²) >= 11 is 16.4. The molecule has 0 rings (SSSR count). The molecule has 0 heterocycles. The monoisotopic (exact) mass is 220 g/mol. The Morgan fingerprint density at radius 2 is 2.00 bits per heavy atom. The molecule has 10 heavy (non-hydrogen) atoms. The minimum atomic E-state index is -3.03. The van der Waals surface area contributed by atoms with Crippen LogP contribution in [0.2, 0.25) is 5.54 Å². The zero-order valence-electron chi connectivity index (χ0n) is 5.27. The Morgan fingerprint density at radius 1 is 1.60 bits per heavy atom. The normalized spacial score (nSPS) is 14.8. The largest absolute Gasteiger partial charge is 0.481 e. The third kappa shape index (κ3) is 3.10. The summed E-state index contributed by atoms with van der Waals surface area (Å²) in [4.78, 5) is 10.4. The molecule has 2 nitrogen and oxygen atoms in total. The van der Waals surface area contributed by atoms with Crippen molar-refractivity contribution in [3.8, 4) is 0 Å². The third-order valence-electron chi connectivity index (χ3n) is 1.10. The summed E-state index contributed by atoms with van der Waals surface area (Å²) < 4.78 is 0. The first kappa shape index (κ1) is 10.6. The van der Waals surface area contributed by atoms with Crippen molar-refractivity contribution in [3.05, 3.63) is 0 Å². The maximum Gasteiger partial charge on any atom is 0.354 e. The molecule has 0 aromatic rings. The van der Waals surface area contributed by atoms with Gasteiger partial charge in [0.05, 0.1) is 5.54 Å². The third-order valence-corrected chi connectivity index (χ3v) is 4.92. The summed E-state index contributed by atoms with van der Waals surface area (Å²) in [6.45, 7) is 1.69. The van der Waals surface area contributed by atoms with Gasteiger partial charge in [-0.1, -0.05) is 6.92 Å². The summed E-state index contributed by atoms with van der Waals surface area (Å²) in [5.41, 5.74) is -0.780. The molecule has 0 spiro atoms. The van der Waals surface area contributed by atoms with E-state index in [1.54, 1.807) is 6.92 Å². The molecule has 0 bridgehead atoms. The van der Waals surface area contributed by atoms with E-state index in [0.717, 1.165) is 0 Å². The summed E-state index contributed by atoms with van der Waals surface area (Å²) in [7, 11) is 0. The molecule has 0 aromatic heterocycles. The first-order valence-corrected chi connectivity index (χ1v) is 7.80. The molecule has 1 N–H and O–H groups in total. The highest BCUT2D eigenvalue weighted by Gasteiger charge is 2.40. The molecule has 0 amide bonds. The van der Waals surface area contributed by atoms with Gasteiger partial charge >= 0.3 is 12.0 Å². The molecular weight excluding hydrogens is 214 g/mol. The number of hydrogen-bond acceptors (Lipinski definition) is 1. The van der Waals surface area contributed by atoms with E-state index < -0.39 is 17.5 Å². The predicted molar refractivity (Wildman–Crippen MR) is 45.0 cm³/mol. The molecule has 0 radical (unpaired) electrons. The van der Waals surface area contributed by atoms with E-state index in [-0.39, 0.29) is 0 Å². The van der Waals surface area contributed by atoms with Crippen LogP contribution in [0.3, 0.4) is 0 Å². The van der Waals surface area contributed by atoms with Crippen LogP contribution in [-0.4, -0.2) is 17.1 Å². The number of halogens is 3. The molecule has 60 valence electrons. The van der Waals surface area contributed by atoms with Gasteiger partial charge in [-0.15, -0.1) is 33.2 Å². The Bertz CT molecular complexity index is 133. The van der Waals surface area contributed by atoms with Crippen LogP contribution >= 0.6 is 33.2 Å². The number of rotatable bonds is 3. The number of carbonyl (C=O) groups is 1. The summed E-state index contributed by atoms with van der Waals surface area (Å²) in [5.74, 6) is -1.02. The zero-order valence-corrected chi connectivity index (χ0v) is 8.54. The van der Waals surface area contributed by atoms with Crippen molar-refractivity contribution in [1.29, 1.82) is 0 Å². The van der Waals surface area contributed by atoms with Crippen molar-refractivity contribution < 1.29 is 9.90 Å². The van der Waals surface area contributed by atoms with Gasteiger partial charge in [0.15, 0.2) is 0 Å². The average Bonchev–Trinajstić information content (AvgIpc) is 1.60. The van der Waals surface area contributed by atoms with Crippen molar-refractivity contribution >= 4 is 45.2 Å². The van der Waals surface area contributed by atoms with Crippen LogP contribution in [-0.2, 0) is 4.79 Å². The van der Waals surface area contributed by atoms with Gasteiger partial charge < -0.3 is 5.11 Å². The fourth-order valence-corrected chi connectivity index (χ4v) is 3.52. The lowest BCUT2D eigenvalue weighted by Gasteiger charge is -2.14. The minimum absolute atomic E-state index is 0.373. The topological polar surface area (TPSA) is 37.3 Å². The SMILES string of the molecule is CCC(C(=O)O)[Si](Cl)(Cl)Cl. The number of carboxylic acid groups (broad SMARTS) is 1. The lowest BCUT2D eigenvalue weighted by atomic mass is 10.3. The Kier molecular flexibility index (Phi) is 4.02. The van der Waals surface area contributed by atoms with Crippen LogP contribution in [0.15, 0.2) is 0 Å². The molecule has 1 atom stereocenters. The molecule has 0 saturated carbocycles. The molecule has 6 heteroatoms. The second-order valence-electron chi connectivity index (χ2n) is 1.84. The van der Waals surface area contributed by atoms with Crippen LogP contribution in [0.1, 0.15) is 13.3 Å². The Labute approximate surface area is 74.2 Å². The van der Waals surface area contributed by atoms with Gasteiger partial charge in [0, 0.05) is 0 Å². The predicted octanol–water partition coefficient (Wildman–Crippen LogP) is 2.51. The highest BCUT2D eigenvalue weighted by Crippen LogP contribution is 2.36. The second kappa shape index (κ2) is 3.81. The molecule has 0 aliphatic rings. The van der Waals surface area contributed by atoms with Gasteiger partial charge in [0.25, 0.3) is 0 Å². The van der Waals surface area contributed by atoms with Crippen molar-refractivity contribution in [2.45, 2.75) is 18.9 Å². The van der Waals surface area contributed by atoms with Crippen LogP contribution in [0.5, 0.6) is 0 Å². The highest BCUT2D eigenvalue weighted by molar-refractivity contribution is 7.65. The lowest BCUT2D eigenvalue weighted by molar-refractivity contribution is -0.137. The van der Waals surface area contributed by atoms with E-state index in [1.165, 1.54) is 0 Å². The van der Waals surface area contributed by atoms with E-state index >= 15 is 0 Å². The van der Waals surface area contributed by atoms with E-state index in [1.807, 2.05) is 0 Å². The maximum atomic E-state index is 10.4. The minimum Gasteiger partial charge on any atom is -0.481 e. The van der Waals surface area contributed by atoms with E-state index in [0.29, 0.717) is 6.42 Å². The molecule has 0 aromatic carbocycles. The van der Waals surface area contributed by atoms with Crippen LogP contribution in [0.25, 0.3) is 0 Å². The fourth-order valence-electron chi connectivity index (χ4n) is 0.546. The Morgan fingerprint density at radius 3 is 2.00 bits per heavy atom. The van der Waals surface area contributed by atoms with Crippen LogP contribution in [0, 0.1) is 0 Å². The molecule has 0 aliphatic heterocycles. The first-order valence-electron chi connectivity index (χ1n) is 2.69. The Balaban J connectivity index is 4.22. The highest BCUT2D eigenvalue weighted by atomic mass is 35.8. The second-order valence-corrected chi connectivity index (χ2v) is 10.7. The van der Waals surface area contributed by atoms with Crippen LogP contribution in [0.4, 0.5) is 0 Å². The summed E-state index contributed by atoms with van der Waals surface area (Å²) in [6.07, 6.45) is 0.373. The smallest absolute Gasteiger partial charge is 0.354 e. The van der Waals surface area contributed by atoms with Crippen molar-refractivity contribution in [2.75, 3.05) is 0 Å². The number of aliphatic carboxylic acids is 1. The maximum absolute atomic E-state index is 10.4. The molecule has 0 fully saturated rings. The molecule has 0 saturated heterocycles. The van der Waals surface area contributed by atoms with Gasteiger partial charge in [-0.25, -0.2) is 0 Å². The summed E-state index contributed by atoms with van der Waals surface area (Å²) in [5, 5.41) is 8.49. The zero-order chi connectivity index (χ0) is 8.36. The average molecular weight is 222 g/mol. The van der Waals surface area contributed by atoms with Crippen molar-refractivity contribution in [1.82, 2.24) is 0 Å². The molecule has 1 unspecified atom stereocenters. The van der Waals surface area contributed by atoms with E-state index in [4.69, 9.17) is 38.3 Å². The van der Waals surface area contributed by atoms with E-state index in [9.17, 15) is 4.79 Å². The van der Waals surface area contributed by atoms with Gasteiger partial charge in [-0.05, 0) is 6.42 Å². The molecule has 0 aliphatic carbocycles.